The molecule has 0 fully saturated rings. The van der Waals surface area contributed by atoms with Gasteiger partial charge in [-0.2, -0.15) is 0 Å². The zero-order chi connectivity index (χ0) is 13.0. The van der Waals surface area contributed by atoms with Gasteiger partial charge >= 0.3 is 0 Å². The maximum Gasteiger partial charge on any atom is 0.0687 e. The van der Waals surface area contributed by atoms with Gasteiger partial charge < -0.3 is 10.4 Å². The van der Waals surface area contributed by atoms with Crippen molar-refractivity contribution in [2.75, 3.05) is 6.54 Å². The van der Waals surface area contributed by atoms with Crippen LogP contribution in [0.15, 0.2) is 18.2 Å². The van der Waals surface area contributed by atoms with Crippen LogP contribution in [0.5, 0.6) is 0 Å². The van der Waals surface area contributed by atoms with E-state index in [9.17, 15) is 5.11 Å². The molecule has 17 heavy (non-hydrogen) atoms. The summed E-state index contributed by atoms with van der Waals surface area (Å²) in [4.78, 5) is 0. The summed E-state index contributed by atoms with van der Waals surface area (Å²) < 4.78 is 0. The highest BCUT2D eigenvalue weighted by Gasteiger charge is 2.13. The molecule has 0 aliphatic carbocycles. The number of aliphatic hydroxyl groups excluding tert-OH is 1. The third kappa shape index (κ3) is 4.47. The third-order valence-electron chi connectivity index (χ3n) is 2.83. The Morgan fingerprint density at radius 3 is 2.41 bits per heavy atom. The van der Waals surface area contributed by atoms with Crippen LogP contribution in [0.25, 0.3) is 0 Å². The molecule has 0 aromatic heterocycles. The second-order valence-corrected chi connectivity index (χ2v) is 5.45. The predicted octanol–water partition coefficient (Wildman–Crippen LogP) is 3.66. The van der Waals surface area contributed by atoms with E-state index in [-0.39, 0.29) is 18.1 Å². The van der Waals surface area contributed by atoms with E-state index in [2.05, 4.69) is 5.32 Å². The standard InChI is InChI=1S/C13H19Cl2NO/c1-8(2)13(17)7-16-9(3)11-5-4-10(14)6-12(11)15/h4-6,8-9,13,16-17H,7H2,1-3H3. The summed E-state index contributed by atoms with van der Waals surface area (Å²) in [7, 11) is 0. The van der Waals surface area contributed by atoms with E-state index in [1.54, 1.807) is 6.07 Å². The molecule has 0 spiro atoms. The van der Waals surface area contributed by atoms with Crippen LogP contribution in [-0.4, -0.2) is 17.8 Å². The summed E-state index contributed by atoms with van der Waals surface area (Å²) in [6.45, 7) is 6.55. The Morgan fingerprint density at radius 1 is 1.24 bits per heavy atom. The van der Waals surface area contributed by atoms with Crippen LogP contribution in [0.1, 0.15) is 32.4 Å². The largest absolute Gasteiger partial charge is 0.392 e. The SMILES string of the molecule is CC(NCC(O)C(C)C)c1ccc(Cl)cc1Cl. The van der Waals surface area contributed by atoms with Gasteiger partial charge in [0.1, 0.15) is 0 Å². The minimum absolute atomic E-state index is 0.0909. The van der Waals surface area contributed by atoms with Gasteiger partial charge in [-0.3, -0.25) is 0 Å². The van der Waals surface area contributed by atoms with Gasteiger partial charge in [0.05, 0.1) is 6.10 Å². The first-order valence-electron chi connectivity index (χ1n) is 5.78. The van der Waals surface area contributed by atoms with Gasteiger partial charge in [0, 0.05) is 22.6 Å². The van der Waals surface area contributed by atoms with Crippen molar-refractivity contribution in [3.63, 3.8) is 0 Å². The van der Waals surface area contributed by atoms with E-state index >= 15 is 0 Å². The second-order valence-electron chi connectivity index (χ2n) is 4.61. The Hall–Kier alpha value is -0.280. The maximum absolute atomic E-state index is 9.72. The fraction of sp³-hybridized carbons (Fsp3) is 0.538. The highest BCUT2D eigenvalue weighted by molar-refractivity contribution is 6.35. The van der Waals surface area contributed by atoms with Crippen molar-refractivity contribution in [3.05, 3.63) is 33.8 Å². The molecule has 0 heterocycles. The van der Waals surface area contributed by atoms with E-state index in [0.717, 1.165) is 5.56 Å². The number of halogens is 2. The predicted molar refractivity (Wildman–Crippen MR) is 73.7 cm³/mol. The summed E-state index contributed by atoms with van der Waals surface area (Å²) in [6.07, 6.45) is -0.344. The van der Waals surface area contributed by atoms with E-state index in [1.807, 2.05) is 32.9 Å². The molecular weight excluding hydrogens is 257 g/mol. The summed E-state index contributed by atoms with van der Waals surface area (Å²) >= 11 is 12.0. The van der Waals surface area contributed by atoms with Crippen molar-refractivity contribution in [1.29, 1.82) is 0 Å². The molecule has 4 heteroatoms. The summed E-state index contributed by atoms with van der Waals surface area (Å²) in [6, 6.07) is 5.55. The normalized spacial score (nSPS) is 15.0. The number of benzene rings is 1. The molecule has 0 aliphatic heterocycles. The number of rotatable bonds is 5. The first-order valence-corrected chi connectivity index (χ1v) is 6.53. The average molecular weight is 276 g/mol. The van der Waals surface area contributed by atoms with Crippen molar-refractivity contribution < 1.29 is 5.11 Å². The molecule has 0 aliphatic rings. The van der Waals surface area contributed by atoms with E-state index in [1.165, 1.54) is 0 Å². The van der Waals surface area contributed by atoms with Crippen molar-refractivity contribution in [2.24, 2.45) is 5.92 Å². The monoisotopic (exact) mass is 275 g/mol. The number of aliphatic hydroxyl groups is 1. The minimum Gasteiger partial charge on any atom is -0.392 e. The molecule has 0 amide bonds. The van der Waals surface area contributed by atoms with Crippen LogP contribution < -0.4 is 5.32 Å². The molecule has 2 unspecified atom stereocenters. The van der Waals surface area contributed by atoms with Crippen LogP contribution in [0.4, 0.5) is 0 Å². The molecule has 96 valence electrons. The molecule has 2 nitrogen and oxygen atoms in total. The average Bonchev–Trinajstić information content (AvgIpc) is 2.25. The molecule has 1 aromatic rings. The number of nitrogens with one attached hydrogen (secondary N) is 1. The Morgan fingerprint density at radius 2 is 1.88 bits per heavy atom. The quantitative estimate of drug-likeness (QED) is 0.860. The summed E-state index contributed by atoms with van der Waals surface area (Å²) in [5, 5.41) is 14.3. The van der Waals surface area contributed by atoms with Crippen LogP contribution in [0.3, 0.4) is 0 Å². The van der Waals surface area contributed by atoms with Gasteiger partial charge in [0.2, 0.25) is 0 Å². The van der Waals surface area contributed by atoms with E-state index < -0.39 is 0 Å². The molecule has 0 radical (unpaired) electrons. The van der Waals surface area contributed by atoms with Gasteiger partial charge in [-0.1, -0.05) is 43.1 Å². The van der Waals surface area contributed by atoms with E-state index in [0.29, 0.717) is 16.6 Å². The lowest BCUT2D eigenvalue weighted by molar-refractivity contribution is 0.121. The lowest BCUT2D eigenvalue weighted by Crippen LogP contribution is -2.32. The number of hydrogen-bond donors (Lipinski definition) is 2. The topological polar surface area (TPSA) is 32.3 Å². The molecule has 2 atom stereocenters. The molecule has 0 saturated heterocycles. The molecular formula is C13H19Cl2NO. The van der Waals surface area contributed by atoms with Crippen LogP contribution >= 0.6 is 23.2 Å². The van der Waals surface area contributed by atoms with Crippen LogP contribution in [0.2, 0.25) is 10.0 Å². The zero-order valence-corrected chi connectivity index (χ0v) is 11.9. The Kier molecular flexibility index (Phi) is 5.74. The molecule has 1 rings (SSSR count). The van der Waals surface area contributed by atoms with Gasteiger partial charge in [-0.05, 0) is 30.5 Å². The fourth-order valence-electron chi connectivity index (χ4n) is 1.50. The smallest absolute Gasteiger partial charge is 0.0687 e. The fourth-order valence-corrected chi connectivity index (χ4v) is 2.07. The number of hydrogen-bond acceptors (Lipinski definition) is 2. The molecule has 1 aromatic carbocycles. The van der Waals surface area contributed by atoms with Crippen LogP contribution in [0, 0.1) is 5.92 Å². The summed E-state index contributed by atoms with van der Waals surface area (Å²) in [5.74, 6) is 0.246. The van der Waals surface area contributed by atoms with Crippen LogP contribution in [-0.2, 0) is 0 Å². The van der Waals surface area contributed by atoms with Gasteiger partial charge in [-0.25, -0.2) is 0 Å². The first kappa shape index (κ1) is 14.8. The van der Waals surface area contributed by atoms with E-state index in [4.69, 9.17) is 23.2 Å². The lowest BCUT2D eigenvalue weighted by Gasteiger charge is -2.20. The van der Waals surface area contributed by atoms with Gasteiger partial charge in [0.15, 0.2) is 0 Å². The molecule has 2 N–H and O–H groups in total. The Balaban J connectivity index is 2.61. The van der Waals surface area contributed by atoms with Crippen molar-refractivity contribution in [2.45, 2.75) is 32.9 Å². The minimum atomic E-state index is -0.344. The third-order valence-corrected chi connectivity index (χ3v) is 3.39. The zero-order valence-electron chi connectivity index (χ0n) is 10.4. The van der Waals surface area contributed by atoms with Gasteiger partial charge in [-0.15, -0.1) is 0 Å². The Bertz CT molecular complexity index is 368. The highest BCUT2D eigenvalue weighted by atomic mass is 35.5. The molecule has 0 bridgehead atoms. The van der Waals surface area contributed by atoms with Crippen molar-refractivity contribution in [3.8, 4) is 0 Å². The second kappa shape index (κ2) is 6.60. The lowest BCUT2D eigenvalue weighted by atomic mass is 10.1. The Labute approximate surface area is 113 Å². The highest BCUT2D eigenvalue weighted by Crippen LogP contribution is 2.26. The summed E-state index contributed by atoms with van der Waals surface area (Å²) in [5.41, 5.74) is 0.993. The maximum atomic E-state index is 9.72. The van der Waals surface area contributed by atoms with Crippen molar-refractivity contribution in [1.82, 2.24) is 5.32 Å². The van der Waals surface area contributed by atoms with Gasteiger partial charge in [0.25, 0.3) is 0 Å². The van der Waals surface area contributed by atoms with Crippen molar-refractivity contribution >= 4 is 23.2 Å². The first-order chi connectivity index (χ1) is 7.91. The molecule has 0 saturated carbocycles.